The standard InChI is InChI=1S/C13H15N5S/c1-9-5-16-18(6-9)7-10(2)17-13-12-11(3-4-19-12)14-8-15-13/h3-6,8,10H,7H2,1-2H3,(H,14,15,17)/t10-/m1/s1. The number of hydrogen-bond acceptors (Lipinski definition) is 5. The first-order chi connectivity index (χ1) is 9.22. The normalized spacial score (nSPS) is 12.7. The Bertz CT molecular complexity index is 687. The zero-order chi connectivity index (χ0) is 13.2. The minimum atomic E-state index is 0.250. The Balaban J connectivity index is 1.75. The predicted molar refractivity (Wildman–Crippen MR) is 77.5 cm³/mol. The molecular weight excluding hydrogens is 258 g/mol. The van der Waals surface area contributed by atoms with Crippen LogP contribution in [0.1, 0.15) is 12.5 Å². The van der Waals surface area contributed by atoms with Crippen molar-refractivity contribution in [2.75, 3.05) is 5.32 Å². The number of hydrogen-bond donors (Lipinski definition) is 1. The third-order valence-electron chi connectivity index (χ3n) is 2.85. The summed E-state index contributed by atoms with van der Waals surface area (Å²) in [5.74, 6) is 0.899. The quantitative estimate of drug-likeness (QED) is 0.794. The summed E-state index contributed by atoms with van der Waals surface area (Å²) in [7, 11) is 0. The summed E-state index contributed by atoms with van der Waals surface area (Å²) in [6, 6.07) is 2.26. The maximum absolute atomic E-state index is 4.32. The molecular formula is C13H15N5S. The van der Waals surface area contributed by atoms with Gasteiger partial charge in [0.1, 0.15) is 12.1 Å². The summed E-state index contributed by atoms with van der Waals surface area (Å²) in [5, 5.41) is 9.76. The minimum Gasteiger partial charge on any atom is -0.364 e. The first-order valence-corrected chi connectivity index (χ1v) is 7.04. The van der Waals surface area contributed by atoms with Crippen LogP contribution in [0.3, 0.4) is 0 Å². The lowest BCUT2D eigenvalue weighted by molar-refractivity contribution is 0.560. The molecule has 0 saturated carbocycles. The van der Waals surface area contributed by atoms with Crippen molar-refractivity contribution >= 4 is 27.4 Å². The van der Waals surface area contributed by atoms with Gasteiger partial charge in [-0.1, -0.05) is 0 Å². The average Bonchev–Trinajstić information content (AvgIpc) is 2.98. The highest BCUT2D eigenvalue weighted by molar-refractivity contribution is 7.17. The molecule has 0 aliphatic carbocycles. The molecule has 3 heterocycles. The smallest absolute Gasteiger partial charge is 0.147 e. The molecule has 0 bridgehead atoms. The van der Waals surface area contributed by atoms with E-state index >= 15 is 0 Å². The van der Waals surface area contributed by atoms with E-state index in [9.17, 15) is 0 Å². The van der Waals surface area contributed by atoms with Crippen LogP contribution in [0.4, 0.5) is 5.82 Å². The van der Waals surface area contributed by atoms with Crippen molar-refractivity contribution in [3.8, 4) is 0 Å². The summed E-state index contributed by atoms with van der Waals surface area (Å²) in [6.45, 7) is 4.98. The summed E-state index contributed by atoms with van der Waals surface area (Å²) in [5.41, 5.74) is 2.17. The fourth-order valence-electron chi connectivity index (χ4n) is 2.02. The number of nitrogens with zero attached hydrogens (tertiary/aromatic N) is 4. The van der Waals surface area contributed by atoms with Gasteiger partial charge in [-0.2, -0.15) is 5.10 Å². The molecule has 0 aromatic carbocycles. The molecule has 0 unspecified atom stereocenters. The number of fused-ring (bicyclic) bond motifs is 1. The number of aryl methyl sites for hydroxylation is 1. The third-order valence-corrected chi connectivity index (χ3v) is 3.76. The Morgan fingerprint density at radius 3 is 3.11 bits per heavy atom. The van der Waals surface area contributed by atoms with Crippen LogP contribution in [0, 0.1) is 6.92 Å². The molecule has 1 N–H and O–H groups in total. The predicted octanol–water partition coefficient (Wildman–Crippen LogP) is 2.70. The van der Waals surface area contributed by atoms with Gasteiger partial charge in [-0.25, -0.2) is 9.97 Å². The molecule has 3 aromatic heterocycles. The van der Waals surface area contributed by atoms with Crippen molar-refractivity contribution in [2.24, 2.45) is 0 Å². The van der Waals surface area contributed by atoms with Crippen molar-refractivity contribution in [3.63, 3.8) is 0 Å². The summed E-state index contributed by atoms with van der Waals surface area (Å²) in [6.07, 6.45) is 5.51. The van der Waals surface area contributed by atoms with Crippen LogP contribution >= 0.6 is 11.3 Å². The van der Waals surface area contributed by atoms with Crippen molar-refractivity contribution in [1.29, 1.82) is 0 Å². The van der Waals surface area contributed by atoms with Crippen LogP contribution in [-0.4, -0.2) is 25.8 Å². The number of nitrogens with one attached hydrogen (secondary N) is 1. The van der Waals surface area contributed by atoms with Crippen molar-refractivity contribution in [2.45, 2.75) is 26.4 Å². The van der Waals surface area contributed by atoms with E-state index in [2.05, 4.69) is 27.3 Å². The molecule has 1 atom stereocenters. The summed E-state index contributed by atoms with van der Waals surface area (Å²) >= 11 is 1.66. The third kappa shape index (κ3) is 2.58. The lowest BCUT2D eigenvalue weighted by Gasteiger charge is -2.14. The van der Waals surface area contributed by atoms with Gasteiger partial charge in [0.05, 0.1) is 23.0 Å². The van der Waals surface area contributed by atoms with Gasteiger partial charge in [-0.3, -0.25) is 4.68 Å². The average molecular weight is 273 g/mol. The highest BCUT2D eigenvalue weighted by atomic mass is 32.1. The van der Waals surface area contributed by atoms with Gasteiger partial charge in [-0.15, -0.1) is 11.3 Å². The monoisotopic (exact) mass is 273 g/mol. The first kappa shape index (κ1) is 12.1. The second-order valence-electron chi connectivity index (χ2n) is 4.64. The summed E-state index contributed by atoms with van der Waals surface area (Å²) < 4.78 is 3.05. The zero-order valence-electron chi connectivity index (χ0n) is 10.9. The van der Waals surface area contributed by atoms with Crippen LogP contribution in [-0.2, 0) is 6.54 Å². The van der Waals surface area contributed by atoms with Gasteiger partial charge in [0.2, 0.25) is 0 Å². The van der Waals surface area contributed by atoms with Crippen LogP contribution in [0.2, 0.25) is 0 Å². The Morgan fingerprint density at radius 2 is 2.32 bits per heavy atom. The molecule has 0 amide bonds. The van der Waals surface area contributed by atoms with E-state index in [0.717, 1.165) is 22.6 Å². The highest BCUT2D eigenvalue weighted by Crippen LogP contribution is 2.25. The largest absolute Gasteiger partial charge is 0.364 e. The number of aromatic nitrogens is 4. The van der Waals surface area contributed by atoms with Crippen LogP contribution in [0.5, 0.6) is 0 Å². The second kappa shape index (κ2) is 4.97. The van der Waals surface area contributed by atoms with Gasteiger partial charge in [-0.05, 0) is 30.9 Å². The Kier molecular flexibility index (Phi) is 3.16. The highest BCUT2D eigenvalue weighted by Gasteiger charge is 2.09. The van der Waals surface area contributed by atoms with E-state index in [1.165, 1.54) is 5.56 Å². The molecule has 0 spiro atoms. The topological polar surface area (TPSA) is 55.6 Å². The van der Waals surface area contributed by atoms with E-state index in [1.807, 2.05) is 35.4 Å². The van der Waals surface area contributed by atoms with Gasteiger partial charge in [0.25, 0.3) is 0 Å². The minimum absolute atomic E-state index is 0.250. The molecule has 0 saturated heterocycles. The SMILES string of the molecule is Cc1cnn(C[C@@H](C)Nc2ncnc3ccsc23)c1. The molecule has 0 fully saturated rings. The van der Waals surface area contributed by atoms with E-state index in [4.69, 9.17) is 0 Å². The Labute approximate surface area is 115 Å². The maximum Gasteiger partial charge on any atom is 0.147 e. The van der Waals surface area contributed by atoms with E-state index < -0.39 is 0 Å². The number of anilines is 1. The molecule has 98 valence electrons. The molecule has 0 aliphatic heterocycles. The molecule has 6 heteroatoms. The first-order valence-electron chi connectivity index (χ1n) is 6.16. The van der Waals surface area contributed by atoms with Gasteiger partial charge >= 0.3 is 0 Å². The fourth-order valence-corrected chi connectivity index (χ4v) is 2.82. The Morgan fingerprint density at radius 1 is 1.42 bits per heavy atom. The molecule has 3 aromatic rings. The molecule has 0 aliphatic rings. The summed E-state index contributed by atoms with van der Waals surface area (Å²) in [4.78, 5) is 8.56. The lowest BCUT2D eigenvalue weighted by Crippen LogP contribution is -2.22. The zero-order valence-corrected chi connectivity index (χ0v) is 11.7. The maximum atomic E-state index is 4.32. The van der Waals surface area contributed by atoms with E-state index in [1.54, 1.807) is 17.7 Å². The van der Waals surface area contributed by atoms with Crippen molar-refractivity contribution < 1.29 is 0 Å². The van der Waals surface area contributed by atoms with Crippen LogP contribution in [0.25, 0.3) is 10.2 Å². The molecule has 5 nitrogen and oxygen atoms in total. The van der Waals surface area contributed by atoms with Crippen LogP contribution in [0.15, 0.2) is 30.2 Å². The van der Waals surface area contributed by atoms with E-state index in [-0.39, 0.29) is 6.04 Å². The molecule has 19 heavy (non-hydrogen) atoms. The van der Waals surface area contributed by atoms with Crippen molar-refractivity contribution in [1.82, 2.24) is 19.7 Å². The lowest BCUT2D eigenvalue weighted by atomic mass is 10.3. The van der Waals surface area contributed by atoms with Gasteiger partial charge < -0.3 is 5.32 Å². The fraction of sp³-hybridized carbons (Fsp3) is 0.308. The van der Waals surface area contributed by atoms with E-state index in [0.29, 0.717) is 0 Å². The van der Waals surface area contributed by atoms with Gasteiger partial charge in [0, 0.05) is 12.2 Å². The Hall–Kier alpha value is -1.95. The van der Waals surface area contributed by atoms with Gasteiger partial charge in [0.15, 0.2) is 0 Å². The van der Waals surface area contributed by atoms with Crippen molar-refractivity contribution in [3.05, 3.63) is 35.7 Å². The molecule has 3 rings (SSSR count). The second-order valence-corrected chi connectivity index (χ2v) is 5.56. The number of thiophene rings is 1. The molecule has 0 radical (unpaired) electrons. The number of rotatable bonds is 4. The van der Waals surface area contributed by atoms with Crippen LogP contribution < -0.4 is 5.32 Å².